The van der Waals surface area contributed by atoms with Crippen LogP contribution in [0.15, 0.2) is 24.3 Å². The zero-order valence-corrected chi connectivity index (χ0v) is 11.4. The minimum Gasteiger partial charge on any atom is -0.387 e. The van der Waals surface area contributed by atoms with Crippen LogP contribution in [-0.4, -0.2) is 42.2 Å². The molecule has 1 aliphatic heterocycles. The van der Waals surface area contributed by atoms with Gasteiger partial charge in [0.25, 0.3) is 0 Å². The van der Waals surface area contributed by atoms with E-state index in [0.717, 1.165) is 6.54 Å². The standard InChI is InChI=1S/C14H19N3O3/c1-10(18)11-2-4-12(5-3-11)17-13(19)16-9-14(20)6-7-15-8-14/h2-5,15,20H,6-9H2,1H3,(H2,16,17,19)/t14-/m0/s1. The van der Waals surface area contributed by atoms with Gasteiger partial charge in [-0.15, -0.1) is 0 Å². The van der Waals surface area contributed by atoms with Gasteiger partial charge in [0.05, 0.1) is 5.60 Å². The smallest absolute Gasteiger partial charge is 0.319 e. The SMILES string of the molecule is CC(=O)c1ccc(NC(=O)NC[C@]2(O)CCNC2)cc1. The summed E-state index contributed by atoms with van der Waals surface area (Å²) in [4.78, 5) is 22.8. The molecule has 0 saturated carbocycles. The van der Waals surface area contributed by atoms with E-state index in [1.807, 2.05) is 0 Å². The van der Waals surface area contributed by atoms with Gasteiger partial charge in [0.1, 0.15) is 0 Å². The fourth-order valence-electron chi connectivity index (χ4n) is 2.09. The van der Waals surface area contributed by atoms with Crippen LogP contribution in [-0.2, 0) is 0 Å². The Morgan fingerprint density at radius 2 is 2.05 bits per heavy atom. The molecule has 2 rings (SSSR count). The maximum Gasteiger partial charge on any atom is 0.319 e. The molecule has 0 spiro atoms. The van der Waals surface area contributed by atoms with Crippen LogP contribution < -0.4 is 16.0 Å². The summed E-state index contributed by atoms with van der Waals surface area (Å²) in [5.74, 6) is -0.0167. The van der Waals surface area contributed by atoms with E-state index in [4.69, 9.17) is 0 Å². The van der Waals surface area contributed by atoms with Crippen molar-refractivity contribution in [2.45, 2.75) is 18.9 Å². The molecule has 0 unspecified atom stereocenters. The van der Waals surface area contributed by atoms with E-state index in [0.29, 0.717) is 24.2 Å². The van der Waals surface area contributed by atoms with Crippen LogP contribution in [0, 0.1) is 0 Å². The van der Waals surface area contributed by atoms with Crippen LogP contribution >= 0.6 is 0 Å². The normalized spacial score (nSPS) is 21.5. The molecule has 0 bridgehead atoms. The van der Waals surface area contributed by atoms with Crippen molar-refractivity contribution in [1.82, 2.24) is 10.6 Å². The molecule has 1 aromatic carbocycles. The Labute approximate surface area is 117 Å². The van der Waals surface area contributed by atoms with Crippen molar-refractivity contribution in [2.24, 2.45) is 0 Å². The number of urea groups is 1. The zero-order chi connectivity index (χ0) is 14.6. The van der Waals surface area contributed by atoms with Gasteiger partial charge in [-0.2, -0.15) is 0 Å². The average Bonchev–Trinajstić information content (AvgIpc) is 2.85. The summed E-state index contributed by atoms with van der Waals surface area (Å²) in [7, 11) is 0. The number of hydrogen-bond donors (Lipinski definition) is 4. The number of aliphatic hydroxyl groups is 1. The molecule has 1 aliphatic rings. The van der Waals surface area contributed by atoms with Crippen LogP contribution in [0.3, 0.4) is 0 Å². The molecule has 2 amide bonds. The molecular weight excluding hydrogens is 258 g/mol. The Morgan fingerprint density at radius 3 is 2.60 bits per heavy atom. The summed E-state index contributed by atoms with van der Waals surface area (Å²) in [6.07, 6.45) is 0.626. The summed E-state index contributed by atoms with van der Waals surface area (Å²) < 4.78 is 0. The molecule has 4 N–H and O–H groups in total. The first-order valence-corrected chi connectivity index (χ1v) is 6.57. The fraction of sp³-hybridized carbons (Fsp3) is 0.429. The summed E-state index contributed by atoms with van der Waals surface area (Å²) >= 11 is 0. The van der Waals surface area contributed by atoms with E-state index in [1.165, 1.54) is 6.92 Å². The molecule has 108 valence electrons. The number of nitrogens with one attached hydrogen (secondary N) is 3. The lowest BCUT2D eigenvalue weighted by molar-refractivity contribution is 0.0640. The molecule has 1 fully saturated rings. The molecule has 0 radical (unpaired) electrons. The Morgan fingerprint density at radius 1 is 1.35 bits per heavy atom. The van der Waals surface area contributed by atoms with E-state index in [9.17, 15) is 14.7 Å². The van der Waals surface area contributed by atoms with Crippen LogP contribution in [0.25, 0.3) is 0 Å². The molecule has 0 aliphatic carbocycles. The number of anilines is 1. The number of carbonyl (C=O) groups is 2. The number of rotatable bonds is 4. The quantitative estimate of drug-likeness (QED) is 0.611. The van der Waals surface area contributed by atoms with Gasteiger partial charge < -0.3 is 21.1 Å². The molecule has 20 heavy (non-hydrogen) atoms. The zero-order valence-electron chi connectivity index (χ0n) is 11.4. The molecule has 1 atom stereocenters. The Bertz CT molecular complexity index is 493. The van der Waals surface area contributed by atoms with Gasteiger partial charge in [-0.05, 0) is 44.2 Å². The number of β-amino-alcohol motifs (C(OH)–C–C–N with tert-alkyl or cyclic N) is 1. The number of benzene rings is 1. The predicted molar refractivity (Wildman–Crippen MR) is 75.9 cm³/mol. The number of Topliss-reactive ketones (excluding diaryl/α,β-unsaturated/α-hetero) is 1. The van der Waals surface area contributed by atoms with Gasteiger partial charge in [0, 0.05) is 24.3 Å². The Balaban J connectivity index is 1.83. The third kappa shape index (κ3) is 3.79. The summed E-state index contributed by atoms with van der Waals surface area (Å²) in [6, 6.07) is 6.28. The minimum atomic E-state index is -0.865. The van der Waals surface area contributed by atoms with Crippen molar-refractivity contribution in [2.75, 3.05) is 25.0 Å². The Kier molecular flexibility index (Phi) is 4.36. The van der Waals surface area contributed by atoms with Crippen molar-refractivity contribution in [3.05, 3.63) is 29.8 Å². The predicted octanol–water partition coefficient (Wildman–Crippen LogP) is 0.735. The minimum absolute atomic E-state index is 0.0167. The Hall–Kier alpha value is -1.92. The fourth-order valence-corrected chi connectivity index (χ4v) is 2.09. The second-order valence-electron chi connectivity index (χ2n) is 5.09. The van der Waals surface area contributed by atoms with Gasteiger partial charge in [-0.25, -0.2) is 4.79 Å². The maximum atomic E-state index is 11.7. The lowest BCUT2D eigenvalue weighted by Gasteiger charge is -2.21. The molecular formula is C14H19N3O3. The summed E-state index contributed by atoms with van der Waals surface area (Å²) in [5, 5.41) is 18.4. The topological polar surface area (TPSA) is 90.5 Å². The van der Waals surface area contributed by atoms with E-state index in [1.54, 1.807) is 24.3 Å². The van der Waals surface area contributed by atoms with Gasteiger partial charge in [0.2, 0.25) is 0 Å². The largest absolute Gasteiger partial charge is 0.387 e. The number of amides is 2. The van der Waals surface area contributed by atoms with Gasteiger partial charge in [-0.1, -0.05) is 0 Å². The second-order valence-corrected chi connectivity index (χ2v) is 5.09. The number of hydrogen-bond acceptors (Lipinski definition) is 4. The molecule has 6 heteroatoms. The maximum absolute atomic E-state index is 11.7. The summed E-state index contributed by atoms with van der Waals surface area (Å²) in [5.41, 5.74) is 0.335. The highest BCUT2D eigenvalue weighted by molar-refractivity contribution is 5.95. The van der Waals surface area contributed by atoms with E-state index >= 15 is 0 Å². The van der Waals surface area contributed by atoms with E-state index < -0.39 is 5.60 Å². The van der Waals surface area contributed by atoms with Gasteiger partial charge in [0.15, 0.2) is 5.78 Å². The highest BCUT2D eigenvalue weighted by Gasteiger charge is 2.31. The lowest BCUT2D eigenvalue weighted by atomic mass is 10.0. The lowest BCUT2D eigenvalue weighted by Crippen LogP contribution is -2.45. The third-order valence-corrected chi connectivity index (χ3v) is 3.35. The number of carbonyl (C=O) groups excluding carboxylic acids is 2. The van der Waals surface area contributed by atoms with Crippen molar-refractivity contribution in [3.8, 4) is 0 Å². The highest BCUT2D eigenvalue weighted by Crippen LogP contribution is 2.13. The first-order chi connectivity index (χ1) is 9.48. The summed E-state index contributed by atoms with van der Waals surface area (Å²) in [6.45, 7) is 2.94. The third-order valence-electron chi connectivity index (χ3n) is 3.35. The van der Waals surface area contributed by atoms with Gasteiger partial charge in [-0.3, -0.25) is 4.79 Å². The van der Waals surface area contributed by atoms with E-state index in [-0.39, 0.29) is 18.4 Å². The average molecular weight is 277 g/mol. The van der Waals surface area contributed by atoms with Crippen LogP contribution in [0.4, 0.5) is 10.5 Å². The molecule has 6 nitrogen and oxygen atoms in total. The van der Waals surface area contributed by atoms with Crippen molar-refractivity contribution in [3.63, 3.8) is 0 Å². The molecule has 0 aromatic heterocycles. The monoisotopic (exact) mass is 277 g/mol. The molecule has 1 saturated heterocycles. The first kappa shape index (κ1) is 14.5. The van der Waals surface area contributed by atoms with Gasteiger partial charge >= 0.3 is 6.03 Å². The van der Waals surface area contributed by atoms with E-state index in [2.05, 4.69) is 16.0 Å². The van der Waals surface area contributed by atoms with Crippen molar-refractivity contribution < 1.29 is 14.7 Å². The molecule has 1 aromatic rings. The molecule has 1 heterocycles. The van der Waals surface area contributed by atoms with Crippen LogP contribution in [0.5, 0.6) is 0 Å². The highest BCUT2D eigenvalue weighted by atomic mass is 16.3. The van der Waals surface area contributed by atoms with Crippen molar-refractivity contribution in [1.29, 1.82) is 0 Å². The van der Waals surface area contributed by atoms with Crippen LogP contribution in [0.1, 0.15) is 23.7 Å². The first-order valence-electron chi connectivity index (χ1n) is 6.57. The number of ketones is 1. The second kappa shape index (κ2) is 6.02. The van der Waals surface area contributed by atoms with Crippen LogP contribution in [0.2, 0.25) is 0 Å². The van der Waals surface area contributed by atoms with Crippen molar-refractivity contribution >= 4 is 17.5 Å².